The number of carbonyl (C=O) groups is 1. The summed E-state index contributed by atoms with van der Waals surface area (Å²) in [4.78, 5) is 17.7. The average molecular weight is 480 g/mol. The van der Waals surface area contributed by atoms with Crippen LogP contribution >= 0.6 is 11.8 Å². The third-order valence-corrected chi connectivity index (χ3v) is 5.89. The van der Waals surface area contributed by atoms with E-state index in [1.165, 1.54) is 17.3 Å². The van der Waals surface area contributed by atoms with E-state index in [1.807, 2.05) is 43.3 Å². The van der Waals surface area contributed by atoms with Crippen LogP contribution in [0, 0.1) is 0 Å². The molecule has 0 aromatic heterocycles. The number of carbonyl (C=O) groups excluding carboxylic acids is 1. The average Bonchev–Trinajstić information content (AvgIpc) is 3.13. The van der Waals surface area contributed by atoms with Crippen LogP contribution in [0.1, 0.15) is 31.9 Å². The van der Waals surface area contributed by atoms with Crippen molar-refractivity contribution in [3.63, 3.8) is 0 Å². The smallest absolute Gasteiger partial charge is 0.344 e. The molecular formula is C27H29NO5S. The molecule has 6 nitrogen and oxygen atoms in total. The van der Waals surface area contributed by atoms with Crippen LogP contribution in [0.5, 0.6) is 11.5 Å². The molecule has 0 amide bonds. The fourth-order valence-corrected chi connectivity index (χ4v) is 4.25. The molecule has 0 saturated heterocycles. The predicted octanol–water partition coefficient (Wildman–Crippen LogP) is 6.41. The van der Waals surface area contributed by atoms with Gasteiger partial charge in [0, 0.05) is 0 Å². The number of nitrogens with zero attached hydrogens (tertiary/aromatic N) is 1. The molecule has 3 rings (SSSR count). The molecule has 0 unspecified atom stereocenters. The molecule has 2 aromatic carbocycles. The molecule has 178 valence electrons. The monoisotopic (exact) mass is 479 g/mol. The SMILES string of the molecule is C=CCOc1ccc(C=C2SC(=Nc3ccc(CC)cc3)C(C(=O)OCC)=C2O)cc1OCC. The normalized spacial score (nSPS) is 15.6. The minimum atomic E-state index is -0.608. The van der Waals surface area contributed by atoms with Crippen molar-refractivity contribution in [2.75, 3.05) is 19.8 Å². The van der Waals surface area contributed by atoms with Gasteiger partial charge in [-0.1, -0.05) is 49.5 Å². The fourth-order valence-electron chi connectivity index (χ4n) is 3.22. The summed E-state index contributed by atoms with van der Waals surface area (Å²) in [5.74, 6) is 0.425. The summed E-state index contributed by atoms with van der Waals surface area (Å²) >= 11 is 1.22. The van der Waals surface area contributed by atoms with E-state index in [4.69, 9.17) is 14.2 Å². The van der Waals surface area contributed by atoms with Crippen LogP contribution < -0.4 is 9.47 Å². The number of esters is 1. The molecule has 1 aliphatic rings. The molecule has 1 N–H and O–H groups in total. The summed E-state index contributed by atoms with van der Waals surface area (Å²) in [6.07, 6.45) is 4.37. The maximum Gasteiger partial charge on any atom is 0.344 e. The van der Waals surface area contributed by atoms with E-state index in [9.17, 15) is 9.90 Å². The Kier molecular flexibility index (Phi) is 8.99. The molecule has 7 heteroatoms. The third-order valence-electron chi connectivity index (χ3n) is 4.87. The molecule has 2 aromatic rings. The van der Waals surface area contributed by atoms with Crippen LogP contribution in [0.2, 0.25) is 0 Å². The Bertz CT molecular complexity index is 1130. The van der Waals surface area contributed by atoms with Gasteiger partial charge in [0.15, 0.2) is 11.5 Å². The largest absolute Gasteiger partial charge is 0.506 e. The van der Waals surface area contributed by atoms with E-state index in [2.05, 4.69) is 18.5 Å². The van der Waals surface area contributed by atoms with Crippen molar-refractivity contribution >= 4 is 34.5 Å². The van der Waals surface area contributed by atoms with Crippen molar-refractivity contribution in [3.8, 4) is 11.5 Å². The van der Waals surface area contributed by atoms with Gasteiger partial charge >= 0.3 is 5.97 Å². The number of benzene rings is 2. The number of aryl methyl sites for hydroxylation is 1. The van der Waals surface area contributed by atoms with Crippen molar-refractivity contribution in [2.24, 2.45) is 4.99 Å². The van der Waals surface area contributed by atoms with Gasteiger partial charge in [0.05, 0.1) is 23.8 Å². The Morgan fingerprint density at radius 2 is 1.82 bits per heavy atom. The first-order valence-corrected chi connectivity index (χ1v) is 12.0. The summed E-state index contributed by atoms with van der Waals surface area (Å²) in [5.41, 5.74) is 2.73. The van der Waals surface area contributed by atoms with E-state index < -0.39 is 5.97 Å². The third kappa shape index (κ3) is 6.11. The molecule has 0 spiro atoms. The first kappa shape index (κ1) is 25.2. The molecular weight excluding hydrogens is 450 g/mol. The number of aliphatic imine (C=N–C) groups is 1. The molecule has 0 radical (unpaired) electrons. The van der Waals surface area contributed by atoms with Gasteiger partial charge in [-0.2, -0.15) is 0 Å². The van der Waals surface area contributed by atoms with Crippen molar-refractivity contribution in [2.45, 2.75) is 27.2 Å². The minimum absolute atomic E-state index is 0.0636. The highest BCUT2D eigenvalue weighted by Gasteiger charge is 2.33. The molecule has 0 fully saturated rings. The number of ether oxygens (including phenoxy) is 3. The second-order valence-corrected chi connectivity index (χ2v) is 8.26. The van der Waals surface area contributed by atoms with Crippen molar-refractivity contribution < 1.29 is 24.1 Å². The lowest BCUT2D eigenvalue weighted by atomic mass is 10.1. The van der Waals surface area contributed by atoms with Crippen LogP contribution in [0.15, 0.2) is 76.3 Å². The van der Waals surface area contributed by atoms with Crippen molar-refractivity contribution in [1.29, 1.82) is 0 Å². The minimum Gasteiger partial charge on any atom is -0.506 e. The summed E-state index contributed by atoms with van der Waals surface area (Å²) in [7, 11) is 0. The van der Waals surface area contributed by atoms with E-state index >= 15 is 0 Å². The van der Waals surface area contributed by atoms with E-state index in [-0.39, 0.29) is 17.9 Å². The zero-order valence-electron chi connectivity index (χ0n) is 19.7. The molecule has 0 saturated carbocycles. The van der Waals surface area contributed by atoms with Gasteiger partial charge in [-0.15, -0.1) is 0 Å². The van der Waals surface area contributed by atoms with Gasteiger partial charge in [0.2, 0.25) is 0 Å². The summed E-state index contributed by atoms with van der Waals surface area (Å²) < 4.78 is 16.5. The molecule has 1 aliphatic heterocycles. The zero-order valence-corrected chi connectivity index (χ0v) is 20.5. The van der Waals surface area contributed by atoms with Crippen LogP contribution in [-0.4, -0.2) is 35.9 Å². The molecule has 1 heterocycles. The Labute approximate surface area is 204 Å². The van der Waals surface area contributed by atoms with Crippen LogP contribution in [-0.2, 0) is 16.0 Å². The Morgan fingerprint density at radius 3 is 2.47 bits per heavy atom. The van der Waals surface area contributed by atoms with Crippen molar-refractivity contribution in [3.05, 3.63) is 82.5 Å². The summed E-state index contributed by atoms with van der Waals surface area (Å²) in [5, 5.41) is 11.3. The number of hydrogen-bond donors (Lipinski definition) is 1. The molecule has 34 heavy (non-hydrogen) atoms. The predicted molar refractivity (Wildman–Crippen MR) is 138 cm³/mol. The van der Waals surface area contributed by atoms with E-state index in [0.717, 1.165) is 12.0 Å². The highest BCUT2D eigenvalue weighted by molar-refractivity contribution is 8.18. The van der Waals surface area contributed by atoms with Gasteiger partial charge < -0.3 is 19.3 Å². The van der Waals surface area contributed by atoms with Gasteiger partial charge in [0.25, 0.3) is 0 Å². The number of aliphatic hydroxyl groups excluding tert-OH is 1. The molecule has 0 atom stereocenters. The number of hydrogen-bond acceptors (Lipinski definition) is 7. The first-order chi connectivity index (χ1) is 16.5. The van der Waals surface area contributed by atoms with Crippen molar-refractivity contribution in [1.82, 2.24) is 0 Å². The quantitative estimate of drug-likeness (QED) is 0.314. The van der Waals surface area contributed by atoms with Gasteiger partial charge in [-0.25, -0.2) is 9.79 Å². The Morgan fingerprint density at radius 1 is 1.06 bits per heavy atom. The number of aliphatic hydroxyl groups is 1. The maximum atomic E-state index is 12.6. The van der Waals surface area contributed by atoms with Gasteiger partial charge in [-0.3, -0.25) is 0 Å². The second kappa shape index (κ2) is 12.1. The van der Waals surface area contributed by atoms with Crippen LogP contribution in [0.25, 0.3) is 6.08 Å². The Hall–Kier alpha value is -3.45. The zero-order chi connectivity index (χ0) is 24.5. The maximum absolute atomic E-state index is 12.6. The lowest BCUT2D eigenvalue weighted by Crippen LogP contribution is -2.12. The lowest BCUT2D eigenvalue weighted by Gasteiger charge is -2.11. The summed E-state index contributed by atoms with van der Waals surface area (Å²) in [6.45, 7) is 10.4. The van der Waals surface area contributed by atoms with Gasteiger partial charge in [0.1, 0.15) is 23.0 Å². The number of rotatable bonds is 10. The van der Waals surface area contributed by atoms with Gasteiger partial charge in [-0.05, 0) is 61.7 Å². The first-order valence-electron chi connectivity index (χ1n) is 11.2. The highest BCUT2D eigenvalue weighted by atomic mass is 32.2. The molecule has 0 aliphatic carbocycles. The lowest BCUT2D eigenvalue weighted by molar-refractivity contribution is -0.138. The van der Waals surface area contributed by atoms with E-state index in [0.29, 0.717) is 40.3 Å². The van der Waals surface area contributed by atoms with Crippen LogP contribution in [0.4, 0.5) is 5.69 Å². The van der Waals surface area contributed by atoms with Crippen LogP contribution in [0.3, 0.4) is 0 Å². The number of thioether (sulfide) groups is 1. The van der Waals surface area contributed by atoms with E-state index in [1.54, 1.807) is 25.1 Å². The topological polar surface area (TPSA) is 77.4 Å². The second-order valence-electron chi connectivity index (χ2n) is 7.23. The Balaban J connectivity index is 1.99. The summed E-state index contributed by atoms with van der Waals surface area (Å²) in [6, 6.07) is 13.3. The standard InChI is InChI=1S/C27H29NO5S/c1-5-15-33-21-14-11-19(16-22(21)31-7-3)17-23-25(29)24(27(30)32-8-4)26(34-23)28-20-12-9-18(6-2)10-13-20/h5,9-14,16-17,29H,1,6-8,15H2,2-4H3. The molecule has 0 bridgehead atoms. The fraction of sp³-hybridized carbons (Fsp3) is 0.259. The highest BCUT2D eigenvalue weighted by Crippen LogP contribution is 2.41.